The van der Waals surface area contributed by atoms with Gasteiger partial charge in [0.2, 0.25) is 0 Å². The number of carboxylic acid groups (broad SMARTS) is 1. The molecule has 0 amide bonds. The fourth-order valence-corrected chi connectivity index (χ4v) is 2.85. The van der Waals surface area contributed by atoms with Gasteiger partial charge in [-0.25, -0.2) is 14.5 Å². The van der Waals surface area contributed by atoms with E-state index in [2.05, 4.69) is 15.4 Å². The number of rotatable bonds is 5. The highest BCUT2D eigenvalue weighted by molar-refractivity contribution is 6.04. The Morgan fingerprint density at radius 1 is 1.07 bits per heavy atom. The molecule has 2 N–H and O–H groups in total. The summed E-state index contributed by atoms with van der Waals surface area (Å²) in [6, 6.07) is 16.8. The van der Waals surface area contributed by atoms with Gasteiger partial charge in [-0.05, 0) is 36.4 Å². The van der Waals surface area contributed by atoms with Crippen molar-refractivity contribution in [1.29, 1.82) is 0 Å². The van der Waals surface area contributed by atoms with Crippen LogP contribution in [0.3, 0.4) is 0 Å². The monoisotopic (exact) mass is 360 g/mol. The van der Waals surface area contributed by atoms with Crippen molar-refractivity contribution in [2.24, 2.45) is 0 Å². The fourth-order valence-electron chi connectivity index (χ4n) is 2.85. The van der Waals surface area contributed by atoms with Crippen molar-refractivity contribution in [2.45, 2.75) is 0 Å². The van der Waals surface area contributed by atoms with E-state index in [1.807, 2.05) is 42.5 Å². The SMILES string of the molecule is COc1ccc(Nc2c(C(=O)O)cnc3c2cnn3-c2ccccc2)cc1. The topological polar surface area (TPSA) is 89.3 Å². The number of pyridine rings is 1. The minimum atomic E-state index is -1.06. The largest absolute Gasteiger partial charge is 0.497 e. The number of nitrogens with one attached hydrogen (secondary N) is 1. The first-order valence-corrected chi connectivity index (χ1v) is 8.24. The maximum atomic E-state index is 11.7. The first-order chi connectivity index (χ1) is 13.2. The van der Waals surface area contributed by atoms with Crippen molar-refractivity contribution in [3.63, 3.8) is 0 Å². The molecule has 0 atom stereocenters. The van der Waals surface area contributed by atoms with Gasteiger partial charge in [0, 0.05) is 11.9 Å². The van der Waals surface area contributed by atoms with Gasteiger partial charge in [-0.2, -0.15) is 5.10 Å². The highest BCUT2D eigenvalue weighted by atomic mass is 16.5. The number of aromatic carboxylic acids is 1. The normalized spacial score (nSPS) is 10.7. The molecule has 0 saturated heterocycles. The predicted molar refractivity (Wildman–Crippen MR) is 102 cm³/mol. The number of fused-ring (bicyclic) bond motifs is 1. The molecule has 0 fully saturated rings. The molecule has 0 spiro atoms. The molecular formula is C20H16N4O3. The molecule has 0 bridgehead atoms. The molecule has 0 aliphatic carbocycles. The van der Waals surface area contributed by atoms with Gasteiger partial charge in [0.25, 0.3) is 0 Å². The smallest absolute Gasteiger partial charge is 0.339 e. The molecule has 2 aromatic carbocycles. The van der Waals surface area contributed by atoms with E-state index in [4.69, 9.17) is 4.74 Å². The summed E-state index contributed by atoms with van der Waals surface area (Å²) in [6.07, 6.45) is 2.96. The van der Waals surface area contributed by atoms with Crippen molar-refractivity contribution in [3.05, 3.63) is 72.6 Å². The number of carboxylic acids is 1. The highest BCUT2D eigenvalue weighted by Gasteiger charge is 2.18. The first kappa shape index (κ1) is 16.6. The van der Waals surface area contributed by atoms with Crippen LogP contribution in [-0.4, -0.2) is 33.0 Å². The number of hydrogen-bond donors (Lipinski definition) is 2. The average Bonchev–Trinajstić information content (AvgIpc) is 3.14. The number of aromatic nitrogens is 3. The Balaban J connectivity index is 1.84. The van der Waals surface area contributed by atoms with Crippen LogP contribution >= 0.6 is 0 Å². The summed E-state index contributed by atoms with van der Waals surface area (Å²) in [5.74, 6) is -0.344. The maximum Gasteiger partial charge on any atom is 0.339 e. The lowest BCUT2D eigenvalue weighted by Crippen LogP contribution is -2.05. The van der Waals surface area contributed by atoms with Crippen molar-refractivity contribution < 1.29 is 14.6 Å². The van der Waals surface area contributed by atoms with Crippen molar-refractivity contribution in [3.8, 4) is 11.4 Å². The number of hydrogen-bond acceptors (Lipinski definition) is 5. The van der Waals surface area contributed by atoms with Crippen LogP contribution < -0.4 is 10.1 Å². The molecule has 7 nitrogen and oxygen atoms in total. The second-order valence-corrected chi connectivity index (χ2v) is 5.83. The van der Waals surface area contributed by atoms with E-state index in [9.17, 15) is 9.90 Å². The summed E-state index contributed by atoms with van der Waals surface area (Å²) in [7, 11) is 1.59. The Labute approximate surface area is 154 Å². The summed E-state index contributed by atoms with van der Waals surface area (Å²) in [5, 5.41) is 17.8. The van der Waals surface area contributed by atoms with Gasteiger partial charge >= 0.3 is 5.97 Å². The van der Waals surface area contributed by atoms with Crippen LogP contribution in [0.25, 0.3) is 16.7 Å². The third kappa shape index (κ3) is 3.06. The standard InChI is InChI=1S/C20H16N4O3/c1-27-15-9-7-13(8-10-15)23-18-16-12-22-24(14-5-3-2-4-6-14)19(16)21-11-17(18)20(25)26/h2-12H,1H3,(H,21,23)(H,25,26). The molecule has 0 aliphatic rings. The zero-order valence-electron chi connectivity index (χ0n) is 14.5. The second-order valence-electron chi connectivity index (χ2n) is 5.83. The average molecular weight is 360 g/mol. The number of para-hydroxylation sites is 1. The lowest BCUT2D eigenvalue weighted by atomic mass is 10.1. The zero-order valence-corrected chi connectivity index (χ0v) is 14.5. The van der Waals surface area contributed by atoms with E-state index in [0.29, 0.717) is 16.7 Å². The van der Waals surface area contributed by atoms with Crippen molar-refractivity contribution in [2.75, 3.05) is 12.4 Å². The predicted octanol–water partition coefficient (Wildman–Crippen LogP) is 3.87. The van der Waals surface area contributed by atoms with Gasteiger partial charge in [0.05, 0.1) is 30.1 Å². The van der Waals surface area contributed by atoms with Crippen molar-refractivity contribution in [1.82, 2.24) is 14.8 Å². The number of nitrogens with zero attached hydrogens (tertiary/aromatic N) is 3. The van der Waals surface area contributed by atoms with Crippen LogP contribution in [0.1, 0.15) is 10.4 Å². The Hall–Kier alpha value is -3.87. The number of carbonyl (C=O) groups is 1. The van der Waals surface area contributed by atoms with Gasteiger partial charge in [0.1, 0.15) is 11.3 Å². The minimum absolute atomic E-state index is 0.0749. The lowest BCUT2D eigenvalue weighted by Gasteiger charge is -2.11. The summed E-state index contributed by atoms with van der Waals surface area (Å²) in [6.45, 7) is 0. The van der Waals surface area contributed by atoms with Gasteiger partial charge < -0.3 is 15.2 Å². The lowest BCUT2D eigenvalue weighted by molar-refractivity contribution is 0.0697. The molecular weight excluding hydrogens is 344 g/mol. The molecule has 0 radical (unpaired) electrons. The third-order valence-electron chi connectivity index (χ3n) is 4.19. The number of benzene rings is 2. The van der Waals surface area contributed by atoms with Crippen molar-refractivity contribution >= 4 is 28.4 Å². The first-order valence-electron chi connectivity index (χ1n) is 8.24. The van der Waals surface area contributed by atoms with Gasteiger partial charge in [-0.3, -0.25) is 0 Å². The Bertz CT molecular complexity index is 1110. The van der Waals surface area contributed by atoms with Crippen LogP contribution in [0.15, 0.2) is 67.0 Å². The Morgan fingerprint density at radius 3 is 2.48 bits per heavy atom. The number of anilines is 2. The van der Waals surface area contributed by atoms with Crippen LogP contribution in [0.2, 0.25) is 0 Å². The summed E-state index contributed by atoms with van der Waals surface area (Å²) in [4.78, 5) is 16.0. The van der Waals surface area contributed by atoms with Crippen LogP contribution in [0.4, 0.5) is 11.4 Å². The van der Waals surface area contributed by atoms with E-state index < -0.39 is 5.97 Å². The maximum absolute atomic E-state index is 11.7. The molecule has 0 saturated carbocycles. The van der Waals surface area contributed by atoms with Crippen LogP contribution in [0.5, 0.6) is 5.75 Å². The Morgan fingerprint density at radius 2 is 1.81 bits per heavy atom. The van der Waals surface area contributed by atoms with Gasteiger partial charge in [-0.1, -0.05) is 18.2 Å². The molecule has 2 aromatic heterocycles. The number of methoxy groups -OCH3 is 1. The van der Waals surface area contributed by atoms with Gasteiger partial charge in [0.15, 0.2) is 5.65 Å². The van der Waals surface area contributed by atoms with E-state index >= 15 is 0 Å². The summed E-state index contributed by atoms with van der Waals surface area (Å²) in [5.41, 5.74) is 2.67. The van der Waals surface area contributed by atoms with E-state index in [1.165, 1.54) is 6.20 Å². The quantitative estimate of drug-likeness (QED) is 0.562. The van der Waals surface area contributed by atoms with E-state index in [-0.39, 0.29) is 5.56 Å². The molecule has 27 heavy (non-hydrogen) atoms. The van der Waals surface area contributed by atoms with Gasteiger partial charge in [-0.15, -0.1) is 0 Å². The van der Waals surface area contributed by atoms with Crippen LogP contribution in [0, 0.1) is 0 Å². The fraction of sp³-hybridized carbons (Fsp3) is 0.0500. The van der Waals surface area contributed by atoms with E-state index in [0.717, 1.165) is 17.1 Å². The Kier molecular flexibility index (Phi) is 4.18. The highest BCUT2D eigenvalue weighted by Crippen LogP contribution is 2.30. The molecule has 134 valence electrons. The minimum Gasteiger partial charge on any atom is -0.497 e. The molecule has 4 aromatic rings. The molecule has 4 rings (SSSR count). The van der Waals surface area contributed by atoms with Crippen LogP contribution in [-0.2, 0) is 0 Å². The number of ether oxygens (including phenoxy) is 1. The second kappa shape index (κ2) is 6.80. The van der Waals surface area contributed by atoms with E-state index in [1.54, 1.807) is 30.1 Å². The summed E-state index contributed by atoms with van der Waals surface area (Å²) < 4.78 is 6.84. The molecule has 0 aliphatic heterocycles. The summed E-state index contributed by atoms with van der Waals surface area (Å²) >= 11 is 0. The molecule has 2 heterocycles. The molecule has 7 heteroatoms. The third-order valence-corrected chi connectivity index (χ3v) is 4.19. The molecule has 0 unspecified atom stereocenters. The zero-order chi connectivity index (χ0) is 18.8.